The number of nitrogens with zero attached hydrogens (tertiary/aromatic N) is 2. The second kappa shape index (κ2) is 4.89. The summed E-state index contributed by atoms with van der Waals surface area (Å²) in [5.41, 5.74) is 0.567. The largest absolute Gasteiger partial charge is 0.467 e. The lowest BCUT2D eigenvalue weighted by Crippen LogP contribution is -2.22. The average molecular weight is 223 g/mol. The van der Waals surface area contributed by atoms with Crippen LogP contribution in [0, 0.1) is 5.92 Å². The van der Waals surface area contributed by atoms with Crippen LogP contribution in [0.4, 0.5) is 5.69 Å². The number of carbonyl (C=O) groups excluding carboxylic acids is 1. The highest BCUT2D eigenvalue weighted by molar-refractivity contribution is 5.92. The van der Waals surface area contributed by atoms with E-state index in [2.05, 4.69) is 15.3 Å². The van der Waals surface area contributed by atoms with Gasteiger partial charge in [0.1, 0.15) is 0 Å². The molecule has 0 spiro atoms. The van der Waals surface area contributed by atoms with E-state index in [0.29, 0.717) is 18.9 Å². The molecule has 0 saturated carbocycles. The fraction of sp³-hybridized carbons (Fsp3) is 0.500. The number of anilines is 1. The summed E-state index contributed by atoms with van der Waals surface area (Å²) >= 11 is 0. The molecule has 1 aromatic heterocycles. The van der Waals surface area contributed by atoms with E-state index in [1.807, 2.05) is 0 Å². The van der Waals surface area contributed by atoms with Crippen LogP contribution in [0.2, 0.25) is 0 Å². The maximum Gasteiger partial charge on any atom is 0.316 e. The van der Waals surface area contributed by atoms with E-state index in [1.54, 1.807) is 0 Å². The highest BCUT2D eigenvalue weighted by Crippen LogP contribution is 2.15. The molecule has 1 amide bonds. The van der Waals surface area contributed by atoms with Crippen LogP contribution in [0.25, 0.3) is 0 Å². The third-order valence-electron chi connectivity index (χ3n) is 2.38. The molecule has 1 aromatic rings. The predicted molar refractivity (Wildman–Crippen MR) is 56.1 cm³/mol. The summed E-state index contributed by atoms with van der Waals surface area (Å²) in [6.07, 6.45) is 3.79. The van der Waals surface area contributed by atoms with Crippen molar-refractivity contribution in [1.29, 1.82) is 0 Å². The van der Waals surface area contributed by atoms with Gasteiger partial charge in [-0.1, -0.05) is 0 Å². The maximum absolute atomic E-state index is 11.7. The number of nitrogens with one attached hydrogen (secondary N) is 1. The van der Waals surface area contributed by atoms with E-state index in [9.17, 15) is 4.79 Å². The van der Waals surface area contributed by atoms with Crippen molar-refractivity contribution in [2.24, 2.45) is 5.92 Å². The highest BCUT2D eigenvalue weighted by atomic mass is 16.5. The van der Waals surface area contributed by atoms with Crippen molar-refractivity contribution in [1.82, 2.24) is 9.97 Å². The molecule has 0 radical (unpaired) electrons. The van der Waals surface area contributed by atoms with E-state index in [1.165, 1.54) is 19.5 Å². The van der Waals surface area contributed by atoms with E-state index >= 15 is 0 Å². The summed E-state index contributed by atoms with van der Waals surface area (Å²) in [6, 6.07) is 0.280. The molecule has 86 valence electrons. The molecule has 2 heterocycles. The quantitative estimate of drug-likeness (QED) is 0.805. The molecule has 1 unspecified atom stereocenters. The number of hydrogen-bond donors (Lipinski definition) is 1. The molecule has 1 aliphatic heterocycles. The van der Waals surface area contributed by atoms with Gasteiger partial charge in [0, 0.05) is 6.61 Å². The highest BCUT2D eigenvalue weighted by Gasteiger charge is 2.23. The summed E-state index contributed by atoms with van der Waals surface area (Å²) in [7, 11) is 1.49. The SMILES string of the molecule is COc1ncc(NC(=O)C2CCOC2)cn1. The number of aromatic nitrogens is 2. The van der Waals surface area contributed by atoms with Gasteiger partial charge in [0.05, 0.1) is 37.7 Å². The standard InChI is InChI=1S/C10H13N3O3/c1-15-10-11-4-8(5-12-10)13-9(14)7-2-3-16-6-7/h4-5,7H,2-3,6H2,1H3,(H,13,14). The van der Waals surface area contributed by atoms with Crippen LogP contribution < -0.4 is 10.1 Å². The molecule has 2 rings (SSSR count). The summed E-state index contributed by atoms with van der Waals surface area (Å²) in [5.74, 6) is -0.117. The van der Waals surface area contributed by atoms with E-state index in [4.69, 9.17) is 9.47 Å². The van der Waals surface area contributed by atoms with Crippen LogP contribution in [0.15, 0.2) is 12.4 Å². The lowest BCUT2D eigenvalue weighted by molar-refractivity contribution is -0.119. The Morgan fingerprint density at radius 3 is 2.88 bits per heavy atom. The van der Waals surface area contributed by atoms with Gasteiger partial charge in [-0.25, -0.2) is 9.97 Å². The predicted octanol–water partition coefficient (Wildman–Crippen LogP) is 0.460. The Kier molecular flexibility index (Phi) is 3.31. The molecule has 1 aliphatic rings. The van der Waals surface area contributed by atoms with Crippen molar-refractivity contribution in [2.45, 2.75) is 6.42 Å². The zero-order valence-corrected chi connectivity index (χ0v) is 8.97. The first-order valence-corrected chi connectivity index (χ1v) is 5.04. The molecule has 0 aromatic carbocycles. The zero-order valence-electron chi connectivity index (χ0n) is 8.97. The molecule has 6 heteroatoms. The second-order valence-electron chi connectivity index (χ2n) is 3.51. The molecule has 16 heavy (non-hydrogen) atoms. The number of rotatable bonds is 3. The summed E-state index contributed by atoms with van der Waals surface area (Å²) in [4.78, 5) is 19.5. The van der Waals surface area contributed by atoms with Gasteiger partial charge in [0.2, 0.25) is 5.91 Å². The van der Waals surface area contributed by atoms with Crippen LogP contribution in [-0.4, -0.2) is 36.2 Å². The number of hydrogen-bond acceptors (Lipinski definition) is 5. The number of methoxy groups -OCH3 is 1. The van der Waals surface area contributed by atoms with E-state index in [0.717, 1.165) is 6.42 Å². The Labute approximate surface area is 93.0 Å². The minimum absolute atomic E-state index is 0.0498. The van der Waals surface area contributed by atoms with Crippen LogP contribution in [0.5, 0.6) is 6.01 Å². The topological polar surface area (TPSA) is 73.3 Å². The van der Waals surface area contributed by atoms with Gasteiger partial charge in [0.15, 0.2) is 0 Å². The van der Waals surface area contributed by atoms with Crippen molar-refractivity contribution in [3.8, 4) is 6.01 Å². The third kappa shape index (κ3) is 2.46. The fourth-order valence-electron chi connectivity index (χ4n) is 1.47. The Morgan fingerprint density at radius 1 is 1.56 bits per heavy atom. The van der Waals surface area contributed by atoms with Gasteiger partial charge in [-0.3, -0.25) is 4.79 Å². The molecule has 1 N–H and O–H groups in total. The number of ether oxygens (including phenoxy) is 2. The molecule has 0 aliphatic carbocycles. The zero-order chi connectivity index (χ0) is 11.4. The third-order valence-corrected chi connectivity index (χ3v) is 2.38. The molecule has 6 nitrogen and oxygen atoms in total. The summed E-state index contributed by atoms with van der Waals surface area (Å²) < 4.78 is 9.96. The van der Waals surface area contributed by atoms with Crippen molar-refractivity contribution in [3.63, 3.8) is 0 Å². The van der Waals surface area contributed by atoms with Crippen LogP contribution in [0.1, 0.15) is 6.42 Å². The van der Waals surface area contributed by atoms with E-state index < -0.39 is 0 Å². The van der Waals surface area contributed by atoms with Crippen molar-refractivity contribution in [3.05, 3.63) is 12.4 Å². The lowest BCUT2D eigenvalue weighted by Gasteiger charge is -2.08. The normalized spacial score (nSPS) is 19.4. The Bertz CT molecular complexity index is 360. The van der Waals surface area contributed by atoms with Crippen LogP contribution >= 0.6 is 0 Å². The summed E-state index contributed by atoms with van der Waals surface area (Å²) in [5, 5.41) is 2.74. The Morgan fingerprint density at radius 2 is 2.31 bits per heavy atom. The molecule has 1 atom stereocenters. The number of carbonyl (C=O) groups is 1. The van der Waals surface area contributed by atoms with Gasteiger partial charge in [-0.15, -0.1) is 0 Å². The first-order chi connectivity index (χ1) is 7.79. The van der Waals surface area contributed by atoms with Gasteiger partial charge >= 0.3 is 6.01 Å². The first-order valence-electron chi connectivity index (χ1n) is 5.04. The van der Waals surface area contributed by atoms with Crippen LogP contribution in [0.3, 0.4) is 0 Å². The van der Waals surface area contributed by atoms with Crippen molar-refractivity contribution >= 4 is 11.6 Å². The molecular weight excluding hydrogens is 210 g/mol. The van der Waals surface area contributed by atoms with Gasteiger partial charge < -0.3 is 14.8 Å². The van der Waals surface area contributed by atoms with Crippen molar-refractivity contribution < 1.29 is 14.3 Å². The lowest BCUT2D eigenvalue weighted by atomic mass is 10.1. The minimum Gasteiger partial charge on any atom is -0.467 e. The Balaban J connectivity index is 1.94. The molecule has 1 fully saturated rings. The second-order valence-corrected chi connectivity index (χ2v) is 3.51. The molecule has 0 bridgehead atoms. The Hall–Kier alpha value is -1.69. The van der Waals surface area contributed by atoms with Gasteiger partial charge in [0.25, 0.3) is 0 Å². The van der Waals surface area contributed by atoms with Crippen molar-refractivity contribution in [2.75, 3.05) is 25.6 Å². The first kappa shape index (κ1) is 10.8. The molecular formula is C10H13N3O3. The molecule has 1 saturated heterocycles. The summed E-state index contributed by atoms with van der Waals surface area (Å²) in [6.45, 7) is 1.14. The van der Waals surface area contributed by atoms with Crippen LogP contribution in [-0.2, 0) is 9.53 Å². The van der Waals surface area contributed by atoms with Gasteiger partial charge in [-0.05, 0) is 6.42 Å². The maximum atomic E-state index is 11.7. The monoisotopic (exact) mass is 223 g/mol. The number of amides is 1. The van der Waals surface area contributed by atoms with Gasteiger partial charge in [-0.2, -0.15) is 0 Å². The smallest absolute Gasteiger partial charge is 0.316 e. The average Bonchev–Trinajstić information content (AvgIpc) is 2.83. The fourth-order valence-corrected chi connectivity index (χ4v) is 1.47. The van der Waals surface area contributed by atoms with E-state index in [-0.39, 0.29) is 17.8 Å². The minimum atomic E-state index is -0.0675.